The molecule has 13 heteroatoms. The first kappa shape index (κ1) is 44.1. The summed E-state index contributed by atoms with van der Waals surface area (Å²) in [5.74, 6) is -0.0541. The fourth-order valence-electron chi connectivity index (χ4n) is 3.87. The van der Waals surface area contributed by atoms with Gasteiger partial charge < -0.3 is 24.8 Å². The van der Waals surface area contributed by atoms with Crippen molar-refractivity contribution in [1.29, 1.82) is 0 Å². The molecule has 0 aromatic heterocycles. The lowest BCUT2D eigenvalue weighted by molar-refractivity contribution is -0.132. The van der Waals surface area contributed by atoms with E-state index in [4.69, 9.17) is 14.2 Å². The molecule has 0 spiro atoms. The summed E-state index contributed by atoms with van der Waals surface area (Å²) in [7, 11) is 0. The molecule has 0 rings (SSSR count). The van der Waals surface area contributed by atoms with Crippen molar-refractivity contribution in [3.05, 3.63) is 0 Å². The minimum Gasteiger partial charge on any atom is -0.381 e. The predicted molar refractivity (Wildman–Crippen MR) is 190 cm³/mol. The summed E-state index contributed by atoms with van der Waals surface area (Å²) < 4.78 is 18.3. The molecule has 0 radical (unpaired) electrons. The number of ketones is 2. The largest absolute Gasteiger partial charge is 0.381 e. The smallest absolute Gasteiger partial charge is 0.223 e. The average Bonchev–Trinajstić information content (AvgIpc) is 3.03. The molecule has 0 saturated carbocycles. The number of hydrogen-bond donors (Lipinski definition) is 2. The van der Waals surface area contributed by atoms with E-state index in [1.807, 2.05) is 27.7 Å². The standard InChI is InChI=1S/C31H54Br4N2O7/c1-23(16-32)27(38)9-5-6-12-42-20-31(15-28(39)24(2)17-33,21-43-13-7-10-36-29(40)25(3)18-34)22-44-14-8-11-37-30(41)26(4)19-35/h23-26H,5-22H2,1-4H3,(H,36,40)(H,37,41). The lowest BCUT2D eigenvalue weighted by Crippen LogP contribution is -2.41. The first-order valence-corrected chi connectivity index (χ1v) is 20.0. The Morgan fingerprint density at radius 3 is 1.36 bits per heavy atom. The second-order valence-electron chi connectivity index (χ2n) is 11.7. The van der Waals surface area contributed by atoms with Crippen LogP contribution in [0.25, 0.3) is 0 Å². The number of unbranched alkanes of at least 4 members (excludes halogenated alkanes) is 1. The molecule has 9 nitrogen and oxygen atoms in total. The van der Waals surface area contributed by atoms with Crippen LogP contribution in [-0.2, 0) is 33.4 Å². The zero-order valence-corrected chi connectivity index (χ0v) is 33.3. The molecular formula is C31H54Br4N2O7. The molecule has 0 heterocycles. The lowest BCUT2D eigenvalue weighted by atomic mass is 9.82. The summed E-state index contributed by atoms with van der Waals surface area (Å²) in [4.78, 5) is 49.4. The van der Waals surface area contributed by atoms with Gasteiger partial charge in [-0.15, -0.1) is 0 Å². The third kappa shape index (κ3) is 20.3. The maximum Gasteiger partial charge on any atom is 0.223 e. The normalized spacial score (nSPS) is 15.5. The van der Waals surface area contributed by atoms with Gasteiger partial charge in [-0.25, -0.2) is 0 Å². The maximum atomic E-state index is 13.2. The van der Waals surface area contributed by atoms with Crippen molar-refractivity contribution in [2.24, 2.45) is 29.1 Å². The average molecular weight is 886 g/mol. The van der Waals surface area contributed by atoms with Gasteiger partial charge in [0.15, 0.2) is 0 Å². The van der Waals surface area contributed by atoms with Gasteiger partial charge in [-0.05, 0) is 25.7 Å². The SMILES string of the molecule is CC(CBr)C(=O)CCCCOCC(COCCCNC(=O)C(C)CBr)(COCCCNC(=O)C(C)CBr)CC(=O)C(C)CBr. The van der Waals surface area contributed by atoms with Crippen LogP contribution in [0.15, 0.2) is 0 Å². The summed E-state index contributed by atoms with van der Waals surface area (Å²) >= 11 is 13.4. The fourth-order valence-corrected chi connectivity index (χ4v) is 5.18. The van der Waals surface area contributed by atoms with Gasteiger partial charge in [0.2, 0.25) is 11.8 Å². The number of nitrogens with one attached hydrogen (secondary N) is 2. The Bertz CT molecular complexity index is 738. The number of amides is 2. The molecule has 0 aromatic rings. The van der Waals surface area contributed by atoms with Crippen LogP contribution in [-0.4, -0.2) is 97.4 Å². The second-order valence-corrected chi connectivity index (χ2v) is 14.3. The van der Waals surface area contributed by atoms with Crippen molar-refractivity contribution in [3.8, 4) is 0 Å². The highest BCUT2D eigenvalue weighted by molar-refractivity contribution is 9.09. The number of ether oxygens (including phenoxy) is 3. The van der Waals surface area contributed by atoms with Crippen LogP contribution in [0, 0.1) is 29.1 Å². The highest BCUT2D eigenvalue weighted by Crippen LogP contribution is 2.28. The van der Waals surface area contributed by atoms with Gasteiger partial charge in [-0.2, -0.15) is 0 Å². The number of carbonyl (C=O) groups excluding carboxylic acids is 4. The van der Waals surface area contributed by atoms with Gasteiger partial charge >= 0.3 is 0 Å². The van der Waals surface area contributed by atoms with Crippen molar-refractivity contribution >= 4 is 87.1 Å². The van der Waals surface area contributed by atoms with Crippen LogP contribution in [0.1, 0.15) is 66.2 Å². The van der Waals surface area contributed by atoms with E-state index in [0.717, 1.165) is 12.8 Å². The van der Waals surface area contributed by atoms with Crippen molar-refractivity contribution in [2.75, 3.05) is 74.1 Å². The monoisotopic (exact) mass is 882 g/mol. The van der Waals surface area contributed by atoms with Crippen LogP contribution >= 0.6 is 63.7 Å². The van der Waals surface area contributed by atoms with Crippen molar-refractivity contribution in [3.63, 3.8) is 0 Å². The first-order valence-electron chi connectivity index (χ1n) is 15.5. The van der Waals surface area contributed by atoms with Crippen LogP contribution < -0.4 is 10.6 Å². The Balaban J connectivity index is 5.25. The van der Waals surface area contributed by atoms with E-state index in [1.54, 1.807) is 0 Å². The number of carbonyl (C=O) groups is 4. The zero-order valence-electron chi connectivity index (χ0n) is 26.9. The minimum atomic E-state index is -0.699. The second kappa shape index (κ2) is 27.1. The number of hydrogen-bond acceptors (Lipinski definition) is 7. The van der Waals surface area contributed by atoms with Gasteiger partial charge in [0.05, 0.1) is 19.8 Å². The summed E-state index contributed by atoms with van der Waals surface area (Å²) in [5, 5.41) is 8.26. The van der Waals surface area contributed by atoms with E-state index in [9.17, 15) is 19.2 Å². The third-order valence-electron chi connectivity index (χ3n) is 7.19. The van der Waals surface area contributed by atoms with Gasteiger partial charge in [-0.3, -0.25) is 19.2 Å². The topological polar surface area (TPSA) is 120 Å². The van der Waals surface area contributed by atoms with E-state index < -0.39 is 5.41 Å². The van der Waals surface area contributed by atoms with Crippen molar-refractivity contribution < 1.29 is 33.4 Å². The molecule has 0 bridgehead atoms. The van der Waals surface area contributed by atoms with Gasteiger partial charge in [0.1, 0.15) is 11.6 Å². The molecule has 0 aromatic carbocycles. The highest BCUT2D eigenvalue weighted by Gasteiger charge is 2.35. The summed E-state index contributed by atoms with van der Waals surface area (Å²) in [6, 6.07) is 0. The summed E-state index contributed by atoms with van der Waals surface area (Å²) in [6.45, 7) is 10.6. The molecule has 44 heavy (non-hydrogen) atoms. The van der Waals surface area contributed by atoms with E-state index >= 15 is 0 Å². The molecule has 0 fully saturated rings. The molecule has 0 aliphatic rings. The minimum absolute atomic E-state index is 0.00236. The molecular weight excluding hydrogens is 832 g/mol. The maximum absolute atomic E-state index is 13.2. The summed E-state index contributed by atoms with van der Waals surface area (Å²) in [5.41, 5.74) is -0.699. The van der Waals surface area contributed by atoms with Gasteiger partial charge in [0.25, 0.3) is 0 Å². The van der Waals surface area contributed by atoms with E-state index in [2.05, 4.69) is 74.4 Å². The Morgan fingerprint density at radius 2 is 0.955 bits per heavy atom. The first-order chi connectivity index (χ1) is 21.0. The molecule has 4 atom stereocenters. The Labute approximate surface area is 298 Å². The van der Waals surface area contributed by atoms with Crippen LogP contribution in [0.5, 0.6) is 0 Å². The molecule has 0 saturated heterocycles. The molecule has 2 N–H and O–H groups in total. The summed E-state index contributed by atoms with van der Waals surface area (Å²) in [6.07, 6.45) is 3.51. The number of Topliss-reactive ketones (excluding diaryl/α,β-unsaturated/α-hetero) is 2. The molecule has 4 unspecified atom stereocenters. The van der Waals surface area contributed by atoms with Gasteiger partial charge in [0, 0.05) is 96.2 Å². The van der Waals surface area contributed by atoms with Crippen molar-refractivity contribution in [2.45, 2.75) is 66.2 Å². The molecule has 0 aliphatic carbocycles. The van der Waals surface area contributed by atoms with E-state index in [-0.39, 0.29) is 73.3 Å². The number of alkyl halides is 4. The highest BCUT2D eigenvalue weighted by atomic mass is 79.9. The third-order valence-corrected chi connectivity index (χ3v) is 11.1. The predicted octanol–water partition coefficient (Wildman–Crippen LogP) is 5.86. The number of halogens is 4. The molecule has 0 aliphatic heterocycles. The van der Waals surface area contributed by atoms with Crippen LogP contribution in [0.2, 0.25) is 0 Å². The fraction of sp³-hybridized carbons (Fsp3) is 0.871. The lowest BCUT2D eigenvalue weighted by Gasteiger charge is -2.33. The number of rotatable bonds is 29. The molecule has 258 valence electrons. The Morgan fingerprint density at radius 1 is 0.568 bits per heavy atom. The van der Waals surface area contributed by atoms with Gasteiger partial charge in [-0.1, -0.05) is 91.4 Å². The Kier molecular flexibility index (Phi) is 27.1. The van der Waals surface area contributed by atoms with E-state index in [1.165, 1.54) is 0 Å². The zero-order chi connectivity index (χ0) is 33.4. The quantitative estimate of drug-likeness (QED) is 0.0715. The Hall–Kier alpha value is 0.0800. The van der Waals surface area contributed by atoms with Crippen LogP contribution in [0.4, 0.5) is 0 Å². The van der Waals surface area contributed by atoms with E-state index in [0.29, 0.717) is 73.5 Å². The molecule has 2 amide bonds. The van der Waals surface area contributed by atoms with Crippen molar-refractivity contribution in [1.82, 2.24) is 10.6 Å². The van der Waals surface area contributed by atoms with Crippen LogP contribution in [0.3, 0.4) is 0 Å².